The van der Waals surface area contributed by atoms with Crippen molar-refractivity contribution in [2.45, 2.75) is 45.6 Å². The second kappa shape index (κ2) is 7.61. The molecule has 0 radical (unpaired) electrons. The predicted octanol–water partition coefficient (Wildman–Crippen LogP) is 1.19. The summed E-state index contributed by atoms with van der Waals surface area (Å²) in [7, 11) is 0. The average Bonchev–Trinajstić information content (AvgIpc) is 3.08. The fraction of sp³-hybridized carbons (Fsp3) is 0.500. The molecule has 0 atom stereocenters. The molecule has 1 aliphatic rings. The quantitative estimate of drug-likeness (QED) is 0.807. The Morgan fingerprint density at radius 2 is 2.00 bits per heavy atom. The van der Waals surface area contributed by atoms with Gasteiger partial charge in [0.05, 0.1) is 12.0 Å². The monoisotopic (exact) mass is 368 g/mol. The molecule has 0 aromatic carbocycles. The minimum atomic E-state index is -0.624. The summed E-state index contributed by atoms with van der Waals surface area (Å²) in [6.07, 6.45) is 4.67. The van der Waals surface area contributed by atoms with Gasteiger partial charge < -0.3 is 20.9 Å². The van der Waals surface area contributed by atoms with Gasteiger partial charge in [-0.05, 0) is 31.2 Å². The molecule has 1 aliphatic heterocycles. The first kappa shape index (κ1) is 18.6. The summed E-state index contributed by atoms with van der Waals surface area (Å²) in [6, 6.07) is 2.45. The van der Waals surface area contributed by atoms with Crippen LogP contribution in [0.3, 0.4) is 0 Å². The van der Waals surface area contributed by atoms with E-state index in [-0.39, 0.29) is 11.7 Å². The first-order valence-corrected chi connectivity index (χ1v) is 9.17. The number of nitriles is 1. The molecule has 0 bridgehead atoms. The Bertz CT molecular complexity index is 889. The Morgan fingerprint density at radius 3 is 2.52 bits per heavy atom. The number of hydrogen-bond acceptors (Lipinski definition) is 7. The third-order valence-corrected chi connectivity index (χ3v) is 5.16. The van der Waals surface area contributed by atoms with Gasteiger partial charge in [-0.15, -0.1) is 5.10 Å². The van der Waals surface area contributed by atoms with Gasteiger partial charge >= 0.3 is 0 Å². The minimum Gasteiger partial charge on any atom is -0.383 e. The highest BCUT2D eigenvalue weighted by molar-refractivity contribution is 5.95. The van der Waals surface area contributed by atoms with Crippen molar-refractivity contribution in [3.63, 3.8) is 0 Å². The van der Waals surface area contributed by atoms with Crippen LogP contribution in [0.1, 0.15) is 60.0 Å². The molecule has 0 saturated carbocycles. The third-order valence-electron chi connectivity index (χ3n) is 5.16. The molecular formula is C18H24N8O. The number of carbonyl (C=O) groups excluding carboxylic acids is 1. The van der Waals surface area contributed by atoms with Crippen molar-refractivity contribution in [2.24, 2.45) is 5.73 Å². The van der Waals surface area contributed by atoms with Crippen molar-refractivity contribution in [1.29, 1.82) is 5.26 Å². The first-order valence-electron chi connectivity index (χ1n) is 9.17. The summed E-state index contributed by atoms with van der Waals surface area (Å²) >= 11 is 0. The van der Waals surface area contributed by atoms with E-state index in [0.717, 1.165) is 36.9 Å². The summed E-state index contributed by atoms with van der Waals surface area (Å²) in [5.74, 6) is 0.334. The number of primary amides is 1. The van der Waals surface area contributed by atoms with Gasteiger partial charge in [0.15, 0.2) is 11.5 Å². The number of nitrogen functional groups attached to an aromatic ring is 1. The first-order chi connectivity index (χ1) is 13.0. The van der Waals surface area contributed by atoms with E-state index in [1.165, 1.54) is 0 Å². The molecule has 0 spiro atoms. The van der Waals surface area contributed by atoms with Crippen LogP contribution < -0.4 is 16.4 Å². The number of carbonyl (C=O) groups is 1. The van der Waals surface area contributed by atoms with Crippen molar-refractivity contribution in [1.82, 2.24) is 19.7 Å². The van der Waals surface area contributed by atoms with E-state index in [1.807, 2.05) is 18.4 Å². The van der Waals surface area contributed by atoms with Gasteiger partial charge in [0.1, 0.15) is 17.5 Å². The number of nitrogens with zero attached hydrogens (tertiary/aromatic N) is 6. The number of amides is 1. The largest absolute Gasteiger partial charge is 0.383 e. The average molecular weight is 368 g/mol. The molecule has 2 aromatic rings. The molecule has 2 aromatic heterocycles. The van der Waals surface area contributed by atoms with Crippen molar-refractivity contribution in [2.75, 3.05) is 23.7 Å². The second-order valence-electron chi connectivity index (χ2n) is 6.61. The van der Waals surface area contributed by atoms with Crippen molar-refractivity contribution in [3.8, 4) is 6.07 Å². The van der Waals surface area contributed by atoms with E-state index in [9.17, 15) is 10.1 Å². The third kappa shape index (κ3) is 3.30. The van der Waals surface area contributed by atoms with E-state index in [1.54, 1.807) is 6.33 Å². The number of anilines is 2. The lowest BCUT2D eigenvalue weighted by Gasteiger charge is -2.34. The molecule has 4 N–H and O–H groups in total. The van der Waals surface area contributed by atoms with Crippen molar-refractivity contribution >= 4 is 17.5 Å². The van der Waals surface area contributed by atoms with Gasteiger partial charge in [0.25, 0.3) is 5.91 Å². The zero-order chi connectivity index (χ0) is 19.6. The number of nitrogens with two attached hydrogens (primary N) is 2. The van der Waals surface area contributed by atoms with E-state index >= 15 is 0 Å². The number of aromatic nitrogens is 4. The molecule has 1 fully saturated rings. The van der Waals surface area contributed by atoms with Gasteiger partial charge in [-0.25, -0.2) is 4.98 Å². The van der Waals surface area contributed by atoms with Crippen molar-refractivity contribution in [3.05, 3.63) is 28.8 Å². The molecule has 9 nitrogen and oxygen atoms in total. The van der Waals surface area contributed by atoms with Gasteiger partial charge in [-0.3, -0.25) is 4.79 Å². The fourth-order valence-electron chi connectivity index (χ4n) is 3.71. The van der Waals surface area contributed by atoms with Crippen LogP contribution in [-0.4, -0.2) is 38.7 Å². The minimum absolute atomic E-state index is 0.109. The summed E-state index contributed by atoms with van der Waals surface area (Å²) in [4.78, 5) is 17.5. The molecule has 1 amide bonds. The number of aryl methyl sites for hydroxylation is 1. The highest BCUT2D eigenvalue weighted by Gasteiger charge is 2.27. The molecule has 0 unspecified atom stereocenters. The Hall–Kier alpha value is -3.15. The van der Waals surface area contributed by atoms with Crippen LogP contribution in [0.4, 0.5) is 11.6 Å². The Labute approximate surface area is 158 Å². The van der Waals surface area contributed by atoms with E-state index in [0.29, 0.717) is 30.3 Å². The van der Waals surface area contributed by atoms with Crippen LogP contribution in [0.15, 0.2) is 6.33 Å². The molecule has 3 rings (SSSR count). The number of rotatable bonds is 5. The van der Waals surface area contributed by atoms with E-state index in [4.69, 9.17) is 11.5 Å². The molecule has 142 valence electrons. The SMILES string of the molecule is CCc1nnc(N2CCC(n3cnc(C(N)=O)c3N)CC2)c(C#N)c1CC. The lowest BCUT2D eigenvalue weighted by Crippen LogP contribution is -2.36. The Balaban J connectivity index is 1.80. The lowest BCUT2D eigenvalue weighted by atomic mass is 10.0. The summed E-state index contributed by atoms with van der Waals surface area (Å²) < 4.78 is 1.81. The Kier molecular flexibility index (Phi) is 5.26. The van der Waals surface area contributed by atoms with Gasteiger partial charge in [0.2, 0.25) is 0 Å². The lowest BCUT2D eigenvalue weighted by molar-refractivity contribution is 0.0997. The summed E-state index contributed by atoms with van der Waals surface area (Å²) in [5, 5.41) is 18.4. The van der Waals surface area contributed by atoms with Gasteiger partial charge in [-0.2, -0.15) is 10.4 Å². The highest BCUT2D eigenvalue weighted by atomic mass is 16.1. The highest BCUT2D eigenvalue weighted by Crippen LogP contribution is 2.31. The zero-order valence-electron chi connectivity index (χ0n) is 15.6. The smallest absolute Gasteiger partial charge is 0.271 e. The van der Waals surface area contributed by atoms with Crippen LogP contribution in [0.5, 0.6) is 0 Å². The maximum absolute atomic E-state index is 11.4. The van der Waals surface area contributed by atoms with Crippen LogP contribution in [0, 0.1) is 11.3 Å². The van der Waals surface area contributed by atoms with Crippen LogP contribution >= 0.6 is 0 Å². The maximum atomic E-state index is 11.4. The molecule has 9 heteroatoms. The number of piperidine rings is 1. The standard InChI is InChI=1S/C18H24N8O/c1-3-12-13(9-19)18(24-23-14(12)4-2)25-7-5-11(6-8-25)26-10-22-15(16(26)20)17(21)27/h10-11H,3-8,20H2,1-2H3,(H2,21,27). The zero-order valence-corrected chi connectivity index (χ0v) is 15.6. The number of imidazole rings is 1. The van der Waals surface area contributed by atoms with Crippen molar-refractivity contribution < 1.29 is 4.79 Å². The molecule has 27 heavy (non-hydrogen) atoms. The molecule has 1 saturated heterocycles. The number of hydrogen-bond donors (Lipinski definition) is 2. The Morgan fingerprint density at radius 1 is 1.30 bits per heavy atom. The maximum Gasteiger partial charge on any atom is 0.271 e. The second-order valence-corrected chi connectivity index (χ2v) is 6.61. The summed E-state index contributed by atoms with van der Waals surface area (Å²) in [6.45, 7) is 5.48. The summed E-state index contributed by atoms with van der Waals surface area (Å²) in [5.41, 5.74) is 13.9. The predicted molar refractivity (Wildman–Crippen MR) is 101 cm³/mol. The van der Waals surface area contributed by atoms with Crippen LogP contribution in [0.25, 0.3) is 0 Å². The molecule has 3 heterocycles. The molecular weight excluding hydrogens is 344 g/mol. The topological polar surface area (TPSA) is 140 Å². The van der Waals surface area contributed by atoms with Crippen LogP contribution in [0.2, 0.25) is 0 Å². The normalized spacial score (nSPS) is 14.9. The van der Waals surface area contributed by atoms with E-state index < -0.39 is 5.91 Å². The fourth-order valence-corrected chi connectivity index (χ4v) is 3.71. The van der Waals surface area contributed by atoms with Gasteiger partial charge in [0, 0.05) is 19.1 Å². The van der Waals surface area contributed by atoms with Crippen LogP contribution in [-0.2, 0) is 12.8 Å². The molecule has 0 aliphatic carbocycles. The van der Waals surface area contributed by atoms with E-state index in [2.05, 4.69) is 26.2 Å². The van der Waals surface area contributed by atoms with Gasteiger partial charge in [-0.1, -0.05) is 13.8 Å².